The molecule has 0 atom stereocenters. The predicted octanol–water partition coefficient (Wildman–Crippen LogP) is 2.27. The molecule has 0 amide bonds. The van der Waals surface area contributed by atoms with Gasteiger partial charge >= 0.3 is 0 Å². The van der Waals surface area contributed by atoms with Crippen LogP contribution in [-0.2, 0) is 9.84 Å². The Morgan fingerprint density at radius 3 is 2.76 bits per heavy atom. The van der Waals surface area contributed by atoms with Crippen LogP contribution in [0.5, 0.6) is 5.75 Å². The molecular formula is C11H16ClNO3S. The number of pyridine rings is 1. The molecule has 0 N–H and O–H groups in total. The van der Waals surface area contributed by atoms with Gasteiger partial charge in [0.25, 0.3) is 0 Å². The van der Waals surface area contributed by atoms with Crippen LogP contribution < -0.4 is 4.74 Å². The number of nitrogens with zero attached hydrogens (tertiary/aromatic N) is 1. The lowest BCUT2D eigenvalue weighted by Gasteiger charge is -2.13. The lowest BCUT2D eigenvalue weighted by Crippen LogP contribution is -2.14. The monoisotopic (exact) mass is 277 g/mol. The van der Waals surface area contributed by atoms with Crippen molar-refractivity contribution in [2.75, 3.05) is 11.6 Å². The lowest BCUT2D eigenvalue weighted by atomic mass is 10.4. The van der Waals surface area contributed by atoms with Gasteiger partial charge in [-0.1, -0.05) is 0 Å². The highest BCUT2D eigenvalue weighted by Gasteiger charge is 2.21. The largest absolute Gasteiger partial charge is 0.488 e. The van der Waals surface area contributed by atoms with Gasteiger partial charge in [0.05, 0.1) is 11.9 Å². The van der Waals surface area contributed by atoms with E-state index in [9.17, 15) is 8.42 Å². The first kappa shape index (κ1) is 14.3. The Labute approximate surface area is 107 Å². The zero-order chi connectivity index (χ0) is 12.9. The van der Waals surface area contributed by atoms with E-state index in [-0.39, 0.29) is 16.9 Å². The van der Waals surface area contributed by atoms with Crippen LogP contribution in [0.3, 0.4) is 0 Å². The molecule has 17 heavy (non-hydrogen) atoms. The smallest absolute Gasteiger partial charge is 0.199 e. The molecule has 0 aliphatic carbocycles. The van der Waals surface area contributed by atoms with Gasteiger partial charge in [0.2, 0.25) is 0 Å². The van der Waals surface area contributed by atoms with Gasteiger partial charge in [0, 0.05) is 12.1 Å². The molecule has 0 aliphatic heterocycles. The van der Waals surface area contributed by atoms with E-state index in [2.05, 4.69) is 4.98 Å². The normalized spacial score (nSPS) is 11.8. The van der Waals surface area contributed by atoms with Gasteiger partial charge in [0.15, 0.2) is 20.6 Å². The van der Waals surface area contributed by atoms with Gasteiger partial charge in [-0.3, -0.25) is 0 Å². The van der Waals surface area contributed by atoms with Crippen molar-refractivity contribution in [1.29, 1.82) is 0 Å². The van der Waals surface area contributed by atoms with Gasteiger partial charge < -0.3 is 4.74 Å². The third-order valence-electron chi connectivity index (χ3n) is 1.94. The van der Waals surface area contributed by atoms with Crippen molar-refractivity contribution in [2.45, 2.75) is 31.4 Å². The fourth-order valence-corrected chi connectivity index (χ4v) is 2.95. The van der Waals surface area contributed by atoms with E-state index < -0.39 is 9.84 Å². The minimum atomic E-state index is -3.42. The van der Waals surface area contributed by atoms with E-state index in [0.29, 0.717) is 18.1 Å². The number of hydrogen-bond donors (Lipinski definition) is 0. The molecule has 96 valence electrons. The fourth-order valence-electron chi connectivity index (χ4n) is 1.29. The van der Waals surface area contributed by atoms with E-state index in [1.165, 1.54) is 6.20 Å². The van der Waals surface area contributed by atoms with Crippen LogP contribution in [0, 0.1) is 0 Å². The molecule has 1 aromatic heterocycles. The van der Waals surface area contributed by atoms with E-state index in [0.717, 1.165) is 0 Å². The van der Waals surface area contributed by atoms with E-state index in [4.69, 9.17) is 16.3 Å². The molecule has 1 aromatic rings. The number of alkyl halides is 1. The van der Waals surface area contributed by atoms with Crippen molar-refractivity contribution >= 4 is 21.4 Å². The molecule has 6 heteroatoms. The number of sulfone groups is 1. The summed E-state index contributed by atoms with van der Waals surface area (Å²) in [5.41, 5.74) is 0. The Kier molecular flexibility index (Phi) is 5.21. The van der Waals surface area contributed by atoms with E-state index in [1.807, 2.05) is 13.8 Å². The summed E-state index contributed by atoms with van der Waals surface area (Å²) in [6, 6.07) is 3.26. The van der Waals surface area contributed by atoms with Crippen molar-refractivity contribution in [3.8, 4) is 5.75 Å². The van der Waals surface area contributed by atoms with Crippen molar-refractivity contribution in [2.24, 2.45) is 0 Å². The van der Waals surface area contributed by atoms with Gasteiger partial charge in [-0.25, -0.2) is 13.4 Å². The summed E-state index contributed by atoms with van der Waals surface area (Å²) in [6.07, 6.45) is 1.75. The molecule has 0 aromatic carbocycles. The summed E-state index contributed by atoms with van der Waals surface area (Å²) >= 11 is 5.50. The summed E-state index contributed by atoms with van der Waals surface area (Å²) in [4.78, 5) is 3.90. The van der Waals surface area contributed by atoms with E-state index >= 15 is 0 Å². The van der Waals surface area contributed by atoms with Crippen LogP contribution in [0.25, 0.3) is 0 Å². The van der Waals surface area contributed by atoms with Gasteiger partial charge in [-0.15, -0.1) is 11.6 Å². The zero-order valence-electron chi connectivity index (χ0n) is 9.89. The van der Waals surface area contributed by atoms with Crippen LogP contribution in [0.2, 0.25) is 0 Å². The first-order valence-corrected chi connectivity index (χ1v) is 7.56. The molecule has 0 fully saturated rings. The molecule has 0 unspecified atom stereocenters. The van der Waals surface area contributed by atoms with Gasteiger partial charge in [-0.05, 0) is 32.4 Å². The molecule has 0 aliphatic rings. The molecule has 0 radical (unpaired) electrons. The molecule has 0 bridgehead atoms. The third kappa shape index (κ3) is 4.16. The maximum absolute atomic E-state index is 12.0. The highest BCUT2D eigenvalue weighted by Crippen LogP contribution is 2.23. The quantitative estimate of drug-likeness (QED) is 0.749. The Balaban J connectivity index is 3.04. The van der Waals surface area contributed by atoms with Crippen molar-refractivity contribution < 1.29 is 13.2 Å². The number of ether oxygens (including phenoxy) is 1. The maximum Gasteiger partial charge on any atom is 0.199 e. The molecular weight excluding hydrogens is 262 g/mol. The Bertz CT molecular complexity index is 460. The molecule has 0 spiro atoms. The van der Waals surface area contributed by atoms with E-state index in [1.54, 1.807) is 12.1 Å². The second kappa shape index (κ2) is 6.21. The standard InChI is InChI=1S/C11H16ClNO3S/c1-9(2)16-10-5-3-7-13-11(10)17(14,15)8-4-6-12/h3,5,7,9H,4,6,8H2,1-2H3. The first-order chi connectivity index (χ1) is 7.97. The Hall–Kier alpha value is -0.810. The molecule has 0 saturated carbocycles. The van der Waals surface area contributed by atoms with Crippen LogP contribution in [0.15, 0.2) is 23.4 Å². The molecule has 4 nitrogen and oxygen atoms in total. The summed E-state index contributed by atoms with van der Waals surface area (Å²) in [6.45, 7) is 3.67. The number of halogens is 1. The predicted molar refractivity (Wildman–Crippen MR) is 67.4 cm³/mol. The highest BCUT2D eigenvalue weighted by molar-refractivity contribution is 7.91. The zero-order valence-corrected chi connectivity index (χ0v) is 11.5. The summed E-state index contributed by atoms with van der Waals surface area (Å²) in [7, 11) is -3.42. The highest BCUT2D eigenvalue weighted by atomic mass is 35.5. The number of hydrogen-bond acceptors (Lipinski definition) is 4. The summed E-state index contributed by atoms with van der Waals surface area (Å²) in [5.74, 6) is 0.603. The minimum absolute atomic E-state index is 0.00110. The second-order valence-electron chi connectivity index (χ2n) is 3.83. The van der Waals surface area contributed by atoms with Gasteiger partial charge in [-0.2, -0.15) is 0 Å². The molecule has 0 saturated heterocycles. The number of aromatic nitrogens is 1. The average molecular weight is 278 g/mol. The third-order valence-corrected chi connectivity index (χ3v) is 3.93. The SMILES string of the molecule is CC(C)Oc1cccnc1S(=O)(=O)CCCCl. The number of rotatable bonds is 6. The summed E-state index contributed by atoms with van der Waals surface area (Å²) < 4.78 is 29.4. The van der Waals surface area contributed by atoms with Crippen molar-refractivity contribution in [3.63, 3.8) is 0 Å². The van der Waals surface area contributed by atoms with Crippen LogP contribution >= 0.6 is 11.6 Å². The minimum Gasteiger partial charge on any atom is -0.488 e. The summed E-state index contributed by atoms with van der Waals surface area (Å²) in [5, 5.41) is -0.00110. The van der Waals surface area contributed by atoms with Crippen molar-refractivity contribution in [3.05, 3.63) is 18.3 Å². The van der Waals surface area contributed by atoms with Crippen molar-refractivity contribution in [1.82, 2.24) is 4.98 Å². The Morgan fingerprint density at radius 2 is 2.18 bits per heavy atom. The van der Waals surface area contributed by atoms with Crippen LogP contribution in [0.4, 0.5) is 0 Å². The fraction of sp³-hybridized carbons (Fsp3) is 0.545. The van der Waals surface area contributed by atoms with Crippen LogP contribution in [-0.4, -0.2) is 31.1 Å². The lowest BCUT2D eigenvalue weighted by molar-refractivity contribution is 0.234. The first-order valence-electron chi connectivity index (χ1n) is 5.38. The maximum atomic E-state index is 12.0. The topological polar surface area (TPSA) is 56.3 Å². The average Bonchev–Trinajstić information content (AvgIpc) is 2.26. The molecule has 1 heterocycles. The molecule has 1 rings (SSSR count). The van der Waals surface area contributed by atoms with Crippen LogP contribution in [0.1, 0.15) is 20.3 Å². The second-order valence-corrected chi connectivity index (χ2v) is 6.24. The Morgan fingerprint density at radius 1 is 1.47 bits per heavy atom. The van der Waals surface area contributed by atoms with Gasteiger partial charge in [0.1, 0.15) is 0 Å².